The van der Waals surface area contributed by atoms with Gasteiger partial charge in [0.1, 0.15) is 5.75 Å². The van der Waals surface area contributed by atoms with Crippen LogP contribution in [0.5, 0.6) is 5.75 Å². The lowest BCUT2D eigenvalue weighted by Crippen LogP contribution is -2.37. The van der Waals surface area contributed by atoms with Crippen molar-refractivity contribution in [1.29, 1.82) is 0 Å². The molecule has 1 aromatic carbocycles. The molecule has 0 amide bonds. The molecule has 0 saturated carbocycles. The summed E-state index contributed by atoms with van der Waals surface area (Å²) < 4.78 is 13.5. The van der Waals surface area contributed by atoms with Crippen LogP contribution >= 0.6 is 24.0 Å². The second-order valence-corrected chi connectivity index (χ2v) is 7.97. The predicted molar refractivity (Wildman–Crippen MR) is 135 cm³/mol. The van der Waals surface area contributed by atoms with E-state index >= 15 is 0 Å². The molecule has 1 aromatic heterocycles. The fourth-order valence-corrected chi connectivity index (χ4v) is 3.60. The van der Waals surface area contributed by atoms with E-state index in [1.807, 2.05) is 18.7 Å². The topological polar surface area (TPSA) is 72.7 Å². The molecular formula is C23H36IN5O2. The van der Waals surface area contributed by atoms with Gasteiger partial charge in [-0.2, -0.15) is 5.10 Å². The van der Waals surface area contributed by atoms with Crippen molar-refractivity contribution in [3.05, 3.63) is 46.3 Å². The lowest BCUT2D eigenvalue weighted by atomic mass is 10.1. The standard InChI is InChI=1S/C23H35N5O2.HI/c1-6-24-23(26-13-21-17(3)27-28(5)18(21)4)25-12-20-8-7-16(2)11-22(20)30-15-19-9-10-29-14-19;/h7-8,11,19H,6,9-10,12-15H2,1-5H3,(H2,24,25,26);1H. The van der Waals surface area contributed by atoms with E-state index in [-0.39, 0.29) is 24.0 Å². The summed E-state index contributed by atoms with van der Waals surface area (Å²) in [5, 5.41) is 11.3. The van der Waals surface area contributed by atoms with E-state index in [9.17, 15) is 0 Å². The van der Waals surface area contributed by atoms with Crippen LogP contribution in [-0.2, 0) is 24.9 Å². The quantitative estimate of drug-likeness (QED) is 0.304. The third-order valence-electron chi connectivity index (χ3n) is 5.56. The van der Waals surface area contributed by atoms with Gasteiger partial charge in [0.15, 0.2) is 5.96 Å². The van der Waals surface area contributed by atoms with Crippen molar-refractivity contribution in [3.8, 4) is 5.75 Å². The molecule has 1 aliphatic rings. The van der Waals surface area contributed by atoms with E-state index in [1.165, 1.54) is 16.8 Å². The summed E-state index contributed by atoms with van der Waals surface area (Å²) in [6.07, 6.45) is 1.07. The molecule has 0 aliphatic carbocycles. The second-order valence-electron chi connectivity index (χ2n) is 7.97. The number of aliphatic imine (C=N–C) groups is 1. The van der Waals surface area contributed by atoms with E-state index in [0.29, 0.717) is 25.6 Å². The van der Waals surface area contributed by atoms with E-state index < -0.39 is 0 Å². The van der Waals surface area contributed by atoms with Crippen LogP contribution in [0.15, 0.2) is 23.2 Å². The highest BCUT2D eigenvalue weighted by Crippen LogP contribution is 2.23. The van der Waals surface area contributed by atoms with Crippen LogP contribution in [0.1, 0.15) is 41.4 Å². The van der Waals surface area contributed by atoms with Crippen molar-refractivity contribution >= 4 is 29.9 Å². The molecule has 2 aromatic rings. The Kier molecular flexibility index (Phi) is 10.1. The molecule has 0 spiro atoms. The highest BCUT2D eigenvalue weighted by molar-refractivity contribution is 14.0. The van der Waals surface area contributed by atoms with Crippen molar-refractivity contribution in [1.82, 2.24) is 20.4 Å². The van der Waals surface area contributed by atoms with Gasteiger partial charge < -0.3 is 20.1 Å². The van der Waals surface area contributed by atoms with Crippen molar-refractivity contribution in [2.75, 3.05) is 26.4 Å². The Bertz CT molecular complexity index is 875. The Morgan fingerprint density at radius 1 is 1.29 bits per heavy atom. The molecule has 2 N–H and O–H groups in total. The fourth-order valence-electron chi connectivity index (χ4n) is 3.60. The minimum atomic E-state index is 0. The van der Waals surface area contributed by atoms with Crippen LogP contribution in [0.3, 0.4) is 0 Å². The molecule has 172 valence electrons. The SMILES string of the molecule is CCNC(=NCc1ccc(C)cc1OCC1CCOC1)NCc1c(C)nn(C)c1C.I. The Morgan fingerprint density at radius 2 is 2.10 bits per heavy atom. The van der Waals surface area contributed by atoms with Gasteiger partial charge in [0.2, 0.25) is 0 Å². The summed E-state index contributed by atoms with van der Waals surface area (Å²) >= 11 is 0. The first kappa shape index (κ1) is 25.5. The number of aromatic nitrogens is 2. The average Bonchev–Trinajstić information content (AvgIpc) is 3.32. The van der Waals surface area contributed by atoms with Gasteiger partial charge in [-0.3, -0.25) is 4.68 Å². The molecule has 31 heavy (non-hydrogen) atoms. The highest BCUT2D eigenvalue weighted by Gasteiger charge is 2.17. The summed E-state index contributed by atoms with van der Waals surface area (Å²) in [6, 6.07) is 6.32. The number of nitrogens with one attached hydrogen (secondary N) is 2. The molecule has 0 bridgehead atoms. The molecule has 1 fully saturated rings. The molecule has 3 rings (SSSR count). The van der Waals surface area contributed by atoms with E-state index in [0.717, 1.165) is 49.1 Å². The van der Waals surface area contributed by atoms with Gasteiger partial charge >= 0.3 is 0 Å². The normalized spacial score (nSPS) is 16.2. The first-order valence-corrected chi connectivity index (χ1v) is 10.8. The van der Waals surface area contributed by atoms with Gasteiger partial charge in [0, 0.05) is 49.5 Å². The van der Waals surface area contributed by atoms with Gasteiger partial charge in [-0.15, -0.1) is 24.0 Å². The number of halogens is 1. The van der Waals surface area contributed by atoms with Crippen molar-refractivity contribution in [3.63, 3.8) is 0 Å². The Morgan fingerprint density at radius 3 is 2.74 bits per heavy atom. The summed E-state index contributed by atoms with van der Waals surface area (Å²) in [7, 11) is 1.97. The minimum Gasteiger partial charge on any atom is -0.493 e. The number of rotatable bonds is 8. The lowest BCUT2D eigenvalue weighted by molar-refractivity contribution is 0.166. The van der Waals surface area contributed by atoms with Gasteiger partial charge in [0.05, 0.1) is 25.5 Å². The molecular weight excluding hydrogens is 505 g/mol. The fraction of sp³-hybridized carbons (Fsp3) is 0.565. The average molecular weight is 541 g/mol. The van der Waals surface area contributed by atoms with E-state index in [2.05, 4.69) is 54.7 Å². The molecule has 1 aliphatic heterocycles. The van der Waals surface area contributed by atoms with Crippen LogP contribution in [0, 0.1) is 26.7 Å². The molecule has 2 heterocycles. The molecule has 0 radical (unpaired) electrons. The van der Waals surface area contributed by atoms with Crippen molar-refractivity contribution < 1.29 is 9.47 Å². The maximum Gasteiger partial charge on any atom is 0.191 e. The number of nitrogens with zero attached hydrogens (tertiary/aromatic N) is 3. The Labute approximate surface area is 203 Å². The van der Waals surface area contributed by atoms with Gasteiger partial charge in [0.25, 0.3) is 0 Å². The zero-order valence-corrected chi connectivity index (χ0v) is 21.7. The first-order chi connectivity index (χ1) is 14.5. The monoisotopic (exact) mass is 541 g/mol. The third kappa shape index (κ3) is 7.10. The largest absolute Gasteiger partial charge is 0.493 e. The smallest absolute Gasteiger partial charge is 0.191 e. The molecule has 7 nitrogen and oxygen atoms in total. The second kappa shape index (κ2) is 12.3. The molecule has 1 unspecified atom stereocenters. The number of guanidine groups is 1. The predicted octanol–water partition coefficient (Wildman–Crippen LogP) is 3.63. The summed E-state index contributed by atoms with van der Waals surface area (Å²) in [6.45, 7) is 12.7. The van der Waals surface area contributed by atoms with Crippen molar-refractivity contribution in [2.45, 2.75) is 47.2 Å². The number of hydrogen-bond acceptors (Lipinski definition) is 4. The van der Waals surface area contributed by atoms with Gasteiger partial charge in [-0.25, -0.2) is 4.99 Å². The van der Waals surface area contributed by atoms with Crippen molar-refractivity contribution in [2.24, 2.45) is 18.0 Å². The summed E-state index contributed by atoms with van der Waals surface area (Å²) in [4.78, 5) is 4.80. The van der Waals surface area contributed by atoms with Gasteiger partial charge in [-0.05, 0) is 45.7 Å². The van der Waals surface area contributed by atoms with Crippen LogP contribution in [-0.4, -0.2) is 42.1 Å². The zero-order valence-electron chi connectivity index (χ0n) is 19.3. The number of benzene rings is 1. The van der Waals surface area contributed by atoms with Crippen LogP contribution in [0.4, 0.5) is 0 Å². The van der Waals surface area contributed by atoms with Gasteiger partial charge in [-0.1, -0.05) is 12.1 Å². The van der Waals surface area contributed by atoms with Crippen LogP contribution in [0.2, 0.25) is 0 Å². The van der Waals surface area contributed by atoms with Crippen LogP contribution in [0.25, 0.3) is 0 Å². The number of ether oxygens (including phenoxy) is 2. The maximum atomic E-state index is 6.16. The third-order valence-corrected chi connectivity index (χ3v) is 5.56. The molecule has 1 saturated heterocycles. The number of hydrogen-bond donors (Lipinski definition) is 2. The zero-order chi connectivity index (χ0) is 21.5. The molecule has 1 atom stereocenters. The highest BCUT2D eigenvalue weighted by atomic mass is 127. The lowest BCUT2D eigenvalue weighted by Gasteiger charge is -2.15. The minimum absolute atomic E-state index is 0. The maximum absolute atomic E-state index is 6.16. The first-order valence-electron chi connectivity index (χ1n) is 10.8. The Hall–Kier alpha value is -1.81. The molecule has 8 heteroatoms. The summed E-state index contributed by atoms with van der Waals surface area (Å²) in [5.74, 6) is 2.18. The van der Waals surface area contributed by atoms with E-state index in [1.54, 1.807) is 0 Å². The summed E-state index contributed by atoms with van der Waals surface area (Å²) in [5.41, 5.74) is 5.70. The van der Waals surface area contributed by atoms with Crippen LogP contribution < -0.4 is 15.4 Å². The Balaban J connectivity index is 0.00000341. The number of aryl methyl sites for hydroxylation is 3. The van der Waals surface area contributed by atoms with E-state index in [4.69, 9.17) is 14.5 Å².